The predicted molar refractivity (Wildman–Crippen MR) is 165 cm³/mol. The smallest absolute Gasteiger partial charge is 0.338 e. The van der Waals surface area contributed by atoms with Crippen LogP contribution >= 0.6 is 11.8 Å². The number of nitrogens with zero attached hydrogens (tertiary/aromatic N) is 3. The van der Waals surface area contributed by atoms with Crippen LogP contribution < -0.4 is 10.1 Å². The third-order valence-corrected chi connectivity index (χ3v) is 8.83. The van der Waals surface area contributed by atoms with E-state index < -0.39 is 6.04 Å². The van der Waals surface area contributed by atoms with Gasteiger partial charge in [0.15, 0.2) is 0 Å². The summed E-state index contributed by atoms with van der Waals surface area (Å²) < 4.78 is 14.1. The lowest BCUT2D eigenvalue weighted by Crippen LogP contribution is -2.32. The quantitative estimate of drug-likeness (QED) is 0.161. The Morgan fingerprint density at radius 3 is 2.57 bits per heavy atom. The monoisotopic (exact) mass is 580 g/mol. The van der Waals surface area contributed by atoms with Crippen molar-refractivity contribution in [1.82, 2.24) is 14.8 Å². The van der Waals surface area contributed by atoms with Crippen molar-refractivity contribution in [2.75, 3.05) is 5.32 Å². The zero-order valence-corrected chi connectivity index (χ0v) is 24.9. The minimum absolute atomic E-state index is 0.0508. The maximum atomic E-state index is 13.8. The van der Waals surface area contributed by atoms with Crippen LogP contribution in [0.4, 0.5) is 5.95 Å². The van der Waals surface area contributed by atoms with E-state index in [1.807, 2.05) is 66.2 Å². The van der Waals surface area contributed by atoms with Crippen LogP contribution in [0.15, 0.2) is 95.3 Å². The van der Waals surface area contributed by atoms with E-state index in [4.69, 9.17) is 19.6 Å². The molecule has 42 heavy (non-hydrogen) atoms. The summed E-state index contributed by atoms with van der Waals surface area (Å²) in [5.41, 5.74) is 5.69. The number of rotatable bonds is 9. The number of hydrogen-bond acceptors (Lipinski definition) is 7. The summed E-state index contributed by atoms with van der Waals surface area (Å²) in [5, 5.41) is 8.88. The summed E-state index contributed by atoms with van der Waals surface area (Å²) in [4.78, 5) is 18.6. The summed E-state index contributed by atoms with van der Waals surface area (Å²) in [6, 6.07) is 25.9. The minimum atomic E-state index is -0.502. The van der Waals surface area contributed by atoms with Gasteiger partial charge in [0.1, 0.15) is 24.5 Å². The standard InChI is InChI=1S/C34H36N4O3S/c1-23-12-9-10-15-27(23)21-40-29-19-11-16-26(20-29)31-30(32(39)41-28-17-7-4-8-18-28)24(2)35-33-36-34(37-38(31)33)42-22-25-13-5-3-6-14-25/h3,5-6,9-16,19-20,28,31H,4,7-8,17-18,21-22H2,1-2H3,(H,35,36,37). The van der Waals surface area contributed by atoms with Crippen molar-refractivity contribution >= 4 is 23.7 Å². The molecule has 1 aliphatic carbocycles. The topological polar surface area (TPSA) is 78.3 Å². The Morgan fingerprint density at radius 1 is 0.976 bits per heavy atom. The first-order valence-electron chi connectivity index (χ1n) is 14.6. The molecule has 0 spiro atoms. The van der Waals surface area contributed by atoms with E-state index in [1.54, 1.807) is 11.8 Å². The van der Waals surface area contributed by atoms with E-state index in [1.165, 1.54) is 17.5 Å². The molecule has 1 saturated carbocycles. The molecule has 2 heterocycles. The second-order valence-electron chi connectivity index (χ2n) is 11.0. The molecule has 1 atom stereocenters. The van der Waals surface area contributed by atoms with Gasteiger partial charge in [0, 0.05) is 11.4 Å². The number of thioether (sulfide) groups is 1. The number of aryl methyl sites for hydroxylation is 1. The average molecular weight is 581 g/mol. The molecule has 0 bridgehead atoms. The molecule has 6 rings (SSSR count). The number of carbonyl (C=O) groups is 1. The number of aromatic nitrogens is 3. The molecule has 3 aromatic carbocycles. The third kappa shape index (κ3) is 6.39. The Kier molecular flexibility index (Phi) is 8.60. The molecule has 1 N–H and O–H groups in total. The first-order chi connectivity index (χ1) is 20.5. The van der Waals surface area contributed by atoms with E-state index in [2.05, 4.69) is 36.5 Å². The van der Waals surface area contributed by atoms with Crippen molar-refractivity contribution in [2.45, 2.75) is 75.6 Å². The number of allylic oxidation sites excluding steroid dienone is 1. The van der Waals surface area contributed by atoms with Gasteiger partial charge >= 0.3 is 5.97 Å². The summed E-state index contributed by atoms with van der Waals surface area (Å²) in [7, 11) is 0. The van der Waals surface area contributed by atoms with Crippen LogP contribution in [-0.4, -0.2) is 26.8 Å². The van der Waals surface area contributed by atoms with Gasteiger partial charge < -0.3 is 14.8 Å². The lowest BCUT2D eigenvalue weighted by molar-refractivity contribution is -0.146. The van der Waals surface area contributed by atoms with E-state index in [0.717, 1.165) is 54.0 Å². The molecule has 2 aliphatic rings. The molecule has 1 aliphatic heterocycles. The van der Waals surface area contributed by atoms with Crippen molar-refractivity contribution in [1.29, 1.82) is 0 Å². The van der Waals surface area contributed by atoms with Gasteiger partial charge in [0.25, 0.3) is 0 Å². The SMILES string of the molecule is CC1=C(C(=O)OC2CCCCC2)C(c2cccc(OCc3ccccc3C)c2)n2nc(SCc3ccccc3)nc2N1. The zero-order chi connectivity index (χ0) is 28.9. The number of carbonyl (C=O) groups excluding carboxylic acids is 1. The largest absolute Gasteiger partial charge is 0.489 e. The Labute approximate surface area is 251 Å². The predicted octanol–water partition coefficient (Wildman–Crippen LogP) is 7.62. The van der Waals surface area contributed by atoms with Gasteiger partial charge in [-0.2, -0.15) is 4.98 Å². The Bertz CT molecular complexity index is 1580. The van der Waals surface area contributed by atoms with Crippen LogP contribution in [0.1, 0.15) is 67.3 Å². The number of ether oxygens (including phenoxy) is 2. The third-order valence-electron chi connectivity index (χ3n) is 7.92. The van der Waals surface area contributed by atoms with Crippen molar-refractivity contribution in [3.63, 3.8) is 0 Å². The van der Waals surface area contributed by atoms with Crippen molar-refractivity contribution in [3.05, 3.63) is 112 Å². The van der Waals surface area contributed by atoms with Gasteiger partial charge in [-0.3, -0.25) is 0 Å². The molecule has 1 unspecified atom stereocenters. The highest BCUT2D eigenvalue weighted by Gasteiger charge is 2.36. The average Bonchev–Trinajstić information content (AvgIpc) is 3.42. The molecule has 1 aromatic heterocycles. The van der Waals surface area contributed by atoms with E-state index in [9.17, 15) is 4.79 Å². The molecule has 0 radical (unpaired) electrons. The van der Waals surface area contributed by atoms with Gasteiger partial charge in [-0.05, 0) is 73.9 Å². The Balaban J connectivity index is 1.31. The van der Waals surface area contributed by atoms with Crippen LogP contribution in [0.2, 0.25) is 0 Å². The van der Waals surface area contributed by atoms with Gasteiger partial charge in [-0.1, -0.05) is 84.9 Å². The van der Waals surface area contributed by atoms with Crippen molar-refractivity contribution < 1.29 is 14.3 Å². The fourth-order valence-electron chi connectivity index (χ4n) is 5.59. The molecule has 4 aromatic rings. The molecule has 1 fully saturated rings. The number of hydrogen-bond donors (Lipinski definition) is 1. The Hall–Kier alpha value is -4.04. The second-order valence-corrected chi connectivity index (χ2v) is 11.9. The van der Waals surface area contributed by atoms with E-state index >= 15 is 0 Å². The summed E-state index contributed by atoms with van der Waals surface area (Å²) in [5.74, 6) is 1.78. The summed E-state index contributed by atoms with van der Waals surface area (Å²) >= 11 is 1.57. The van der Waals surface area contributed by atoms with Crippen LogP contribution in [0.5, 0.6) is 5.75 Å². The lowest BCUT2D eigenvalue weighted by Gasteiger charge is -2.30. The fraction of sp³-hybridized carbons (Fsp3) is 0.324. The zero-order valence-electron chi connectivity index (χ0n) is 24.1. The number of esters is 1. The summed E-state index contributed by atoms with van der Waals surface area (Å²) in [6.07, 6.45) is 5.15. The normalized spacial score (nSPS) is 17.0. The van der Waals surface area contributed by atoms with Crippen LogP contribution in [0.25, 0.3) is 0 Å². The molecular weight excluding hydrogens is 544 g/mol. The van der Waals surface area contributed by atoms with Crippen LogP contribution in [0.3, 0.4) is 0 Å². The highest BCUT2D eigenvalue weighted by atomic mass is 32.2. The molecule has 0 saturated heterocycles. The van der Waals surface area contributed by atoms with Crippen LogP contribution in [-0.2, 0) is 21.9 Å². The highest BCUT2D eigenvalue weighted by molar-refractivity contribution is 7.98. The van der Waals surface area contributed by atoms with Crippen molar-refractivity contribution in [2.24, 2.45) is 0 Å². The van der Waals surface area contributed by atoms with Crippen LogP contribution in [0, 0.1) is 6.92 Å². The molecule has 7 nitrogen and oxygen atoms in total. The van der Waals surface area contributed by atoms with E-state index in [-0.39, 0.29) is 12.1 Å². The second kappa shape index (κ2) is 12.9. The summed E-state index contributed by atoms with van der Waals surface area (Å²) in [6.45, 7) is 4.46. The molecule has 8 heteroatoms. The van der Waals surface area contributed by atoms with Gasteiger partial charge in [0.2, 0.25) is 11.1 Å². The minimum Gasteiger partial charge on any atom is -0.489 e. The van der Waals surface area contributed by atoms with Crippen molar-refractivity contribution in [3.8, 4) is 5.75 Å². The molecule has 216 valence electrons. The van der Waals surface area contributed by atoms with E-state index in [0.29, 0.717) is 23.3 Å². The number of nitrogens with one attached hydrogen (secondary N) is 1. The Morgan fingerprint density at radius 2 is 1.76 bits per heavy atom. The first-order valence-corrected chi connectivity index (χ1v) is 15.6. The van der Waals surface area contributed by atoms with Gasteiger partial charge in [-0.15, -0.1) is 5.10 Å². The fourth-order valence-corrected chi connectivity index (χ4v) is 6.38. The number of benzene rings is 3. The molecule has 0 amide bonds. The lowest BCUT2D eigenvalue weighted by atomic mass is 9.94. The maximum absolute atomic E-state index is 13.8. The highest BCUT2D eigenvalue weighted by Crippen LogP contribution is 2.38. The first kappa shape index (κ1) is 28.1. The number of fused-ring (bicyclic) bond motifs is 1. The number of anilines is 1. The van der Waals surface area contributed by atoms with Gasteiger partial charge in [-0.25, -0.2) is 9.48 Å². The maximum Gasteiger partial charge on any atom is 0.338 e. The van der Waals surface area contributed by atoms with Gasteiger partial charge in [0.05, 0.1) is 5.57 Å². The molecular formula is C34H36N4O3S.